The number of fused-ring (bicyclic) bond motifs is 1. The quantitative estimate of drug-likeness (QED) is 0.894. The van der Waals surface area contributed by atoms with Crippen molar-refractivity contribution in [2.45, 2.75) is 18.9 Å². The van der Waals surface area contributed by atoms with Gasteiger partial charge >= 0.3 is 0 Å². The minimum absolute atomic E-state index is 0.0489. The first kappa shape index (κ1) is 12.2. The van der Waals surface area contributed by atoms with Crippen molar-refractivity contribution in [1.29, 1.82) is 0 Å². The summed E-state index contributed by atoms with van der Waals surface area (Å²) in [5.41, 5.74) is 7.02. The summed E-state index contributed by atoms with van der Waals surface area (Å²) in [6.07, 6.45) is 2.19. The highest BCUT2D eigenvalue weighted by molar-refractivity contribution is 5.87. The minimum atomic E-state index is -0.539. The van der Waals surface area contributed by atoms with E-state index in [-0.39, 0.29) is 5.91 Å². The number of benzene rings is 2. The monoisotopic (exact) mass is 254 g/mol. The Hall–Kier alpha value is -1.87. The van der Waals surface area contributed by atoms with Crippen LogP contribution in [0.4, 0.5) is 0 Å². The van der Waals surface area contributed by atoms with Crippen LogP contribution in [0.1, 0.15) is 24.4 Å². The molecule has 3 heteroatoms. The van der Waals surface area contributed by atoms with Gasteiger partial charge in [-0.25, -0.2) is 0 Å². The van der Waals surface area contributed by atoms with Gasteiger partial charge in [0.2, 0.25) is 5.91 Å². The van der Waals surface area contributed by atoms with E-state index in [1.807, 2.05) is 41.3 Å². The number of carbonyl (C=O) groups excluding carboxylic acids is 1. The molecule has 3 nitrogen and oxygen atoms in total. The lowest BCUT2D eigenvalue weighted by Crippen LogP contribution is -2.36. The van der Waals surface area contributed by atoms with Crippen molar-refractivity contribution < 1.29 is 4.79 Å². The van der Waals surface area contributed by atoms with Gasteiger partial charge in [0.1, 0.15) is 6.04 Å². The molecule has 0 aliphatic carbocycles. The van der Waals surface area contributed by atoms with Gasteiger partial charge in [0.25, 0.3) is 0 Å². The number of nitrogens with zero attached hydrogens (tertiary/aromatic N) is 1. The minimum Gasteiger partial charge on any atom is -0.341 e. The lowest BCUT2D eigenvalue weighted by atomic mass is 10.0. The first-order chi connectivity index (χ1) is 9.25. The summed E-state index contributed by atoms with van der Waals surface area (Å²) >= 11 is 0. The Morgan fingerprint density at radius 3 is 2.47 bits per heavy atom. The van der Waals surface area contributed by atoms with Crippen LogP contribution in [-0.2, 0) is 4.79 Å². The first-order valence-corrected chi connectivity index (χ1v) is 6.79. The Balaban J connectivity index is 1.88. The summed E-state index contributed by atoms with van der Waals surface area (Å²) in [7, 11) is 0. The summed E-state index contributed by atoms with van der Waals surface area (Å²) in [5, 5.41) is 2.30. The Morgan fingerprint density at radius 1 is 1.05 bits per heavy atom. The van der Waals surface area contributed by atoms with E-state index in [1.54, 1.807) is 0 Å². The maximum Gasteiger partial charge on any atom is 0.244 e. The number of amides is 1. The number of carbonyl (C=O) groups is 1. The van der Waals surface area contributed by atoms with Crippen molar-refractivity contribution in [1.82, 2.24) is 4.90 Å². The molecule has 1 saturated heterocycles. The maximum atomic E-state index is 12.3. The highest BCUT2D eigenvalue weighted by Gasteiger charge is 2.24. The first-order valence-electron chi connectivity index (χ1n) is 6.79. The fourth-order valence-corrected chi connectivity index (χ4v) is 2.68. The van der Waals surface area contributed by atoms with Crippen LogP contribution in [0.25, 0.3) is 10.8 Å². The molecule has 98 valence electrons. The zero-order valence-corrected chi connectivity index (χ0v) is 10.9. The van der Waals surface area contributed by atoms with Gasteiger partial charge in [-0.1, -0.05) is 36.4 Å². The zero-order valence-electron chi connectivity index (χ0n) is 10.9. The van der Waals surface area contributed by atoms with Crippen molar-refractivity contribution >= 4 is 16.7 Å². The SMILES string of the molecule is NC(C(=O)N1CCCC1)c1ccc2ccccc2c1. The van der Waals surface area contributed by atoms with Crippen LogP contribution in [0.15, 0.2) is 42.5 Å². The highest BCUT2D eigenvalue weighted by atomic mass is 16.2. The van der Waals surface area contributed by atoms with Gasteiger partial charge in [-0.2, -0.15) is 0 Å². The molecule has 1 aliphatic rings. The van der Waals surface area contributed by atoms with E-state index >= 15 is 0 Å². The fraction of sp³-hybridized carbons (Fsp3) is 0.312. The summed E-state index contributed by atoms with van der Waals surface area (Å²) in [6, 6.07) is 13.6. The van der Waals surface area contributed by atoms with Gasteiger partial charge < -0.3 is 10.6 Å². The van der Waals surface area contributed by atoms with Crippen LogP contribution < -0.4 is 5.73 Å². The number of hydrogen-bond acceptors (Lipinski definition) is 2. The number of likely N-dealkylation sites (tertiary alicyclic amines) is 1. The molecule has 0 aromatic heterocycles. The second kappa shape index (κ2) is 5.02. The molecule has 0 spiro atoms. The molecule has 1 aliphatic heterocycles. The Labute approximate surface area is 113 Å². The van der Waals surface area contributed by atoms with Crippen molar-refractivity contribution in [2.75, 3.05) is 13.1 Å². The van der Waals surface area contributed by atoms with Crippen LogP contribution >= 0.6 is 0 Å². The molecule has 0 radical (unpaired) electrons. The van der Waals surface area contributed by atoms with Gasteiger partial charge in [-0.3, -0.25) is 4.79 Å². The molecule has 2 N–H and O–H groups in total. The number of hydrogen-bond donors (Lipinski definition) is 1. The molecule has 0 bridgehead atoms. The third-order valence-electron chi connectivity index (χ3n) is 3.82. The Kier molecular flexibility index (Phi) is 3.22. The Morgan fingerprint density at radius 2 is 1.74 bits per heavy atom. The predicted octanol–water partition coefficient (Wildman–Crippen LogP) is 2.46. The molecule has 1 amide bonds. The molecule has 2 aromatic carbocycles. The predicted molar refractivity (Wildman–Crippen MR) is 76.7 cm³/mol. The average molecular weight is 254 g/mol. The molecule has 3 rings (SSSR count). The van der Waals surface area contributed by atoms with Crippen molar-refractivity contribution in [3.05, 3.63) is 48.0 Å². The molecule has 1 atom stereocenters. The molecule has 0 saturated carbocycles. The van der Waals surface area contributed by atoms with E-state index in [9.17, 15) is 4.79 Å². The van der Waals surface area contributed by atoms with Crippen molar-refractivity contribution in [2.24, 2.45) is 5.73 Å². The van der Waals surface area contributed by atoms with Crippen LogP contribution in [-0.4, -0.2) is 23.9 Å². The second-order valence-corrected chi connectivity index (χ2v) is 5.12. The standard InChI is InChI=1S/C16H18N2O/c17-15(16(19)18-9-3-4-10-18)14-8-7-12-5-1-2-6-13(12)11-14/h1-2,5-8,11,15H,3-4,9-10,17H2. The topological polar surface area (TPSA) is 46.3 Å². The van der Waals surface area contributed by atoms with E-state index in [0.29, 0.717) is 0 Å². The highest BCUT2D eigenvalue weighted by Crippen LogP contribution is 2.21. The van der Waals surface area contributed by atoms with E-state index in [4.69, 9.17) is 5.73 Å². The Bertz CT molecular complexity index is 602. The van der Waals surface area contributed by atoms with Gasteiger partial charge in [0, 0.05) is 13.1 Å². The van der Waals surface area contributed by atoms with Crippen LogP contribution in [0.5, 0.6) is 0 Å². The zero-order chi connectivity index (χ0) is 13.2. The van der Waals surface area contributed by atoms with Crippen LogP contribution in [0.2, 0.25) is 0 Å². The third kappa shape index (κ3) is 2.34. The van der Waals surface area contributed by atoms with E-state index < -0.39 is 6.04 Å². The van der Waals surface area contributed by atoms with E-state index in [2.05, 4.69) is 6.07 Å². The molecule has 19 heavy (non-hydrogen) atoms. The van der Waals surface area contributed by atoms with Crippen LogP contribution in [0.3, 0.4) is 0 Å². The summed E-state index contributed by atoms with van der Waals surface area (Å²) in [5.74, 6) is 0.0489. The molecule has 1 heterocycles. The third-order valence-corrected chi connectivity index (χ3v) is 3.82. The summed E-state index contributed by atoms with van der Waals surface area (Å²) < 4.78 is 0. The molecule has 1 fully saturated rings. The van der Waals surface area contributed by atoms with Gasteiger partial charge in [-0.15, -0.1) is 0 Å². The fourth-order valence-electron chi connectivity index (χ4n) is 2.68. The largest absolute Gasteiger partial charge is 0.341 e. The normalized spacial score (nSPS) is 16.8. The second-order valence-electron chi connectivity index (χ2n) is 5.12. The van der Waals surface area contributed by atoms with E-state index in [0.717, 1.165) is 36.9 Å². The smallest absolute Gasteiger partial charge is 0.244 e. The average Bonchev–Trinajstić information content (AvgIpc) is 2.99. The maximum absolute atomic E-state index is 12.3. The number of rotatable bonds is 2. The number of nitrogens with two attached hydrogens (primary N) is 1. The van der Waals surface area contributed by atoms with Crippen LogP contribution in [0, 0.1) is 0 Å². The molecule has 1 unspecified atom stereocenters. The molecular weight excluding hydrogens is 236 g/mol. The lowest BCUT2D eigenvalue weighted by Gasteiger charge is -2.20. The van der Waals surface area contributed by atoms with Gasteiger partial charge in [0.15, 0.2) is 0 Å². The van der Waals surface area contributed by atoms with Gasteiger partial charge in [-0.05, 0) is 35.2 Å². The van der Waals surface area contributed by atoms with Gasteiger partial charge in [0.05, 0.1) is 0 Å². The van der Waals surface area contributed by atoms with E-state index in [1.165, 1.54) is 5.39 Å². The molecule has 2 aromatic rings. The lowest BCUT2D eigenvalue weighted by molar-refractivity contribution is -0.131. The summed E-state index contributed by atoms with van der Waals surface area (Å²) in [6.45, 7) is 1.69. The summed E-state index contributed by atoms with van der Waals surface area (Å²) in [4.78, 5) is 14.2. The molecular formula is C16H18N2O. The van der Waals surface area contributed by atoms with Crippen molar-refractivity contribution in [3.8, 4) is 0 Å². The van der Waals surface area contributed by atoms with Crippen molar-refractivity contribution in [3.63, 3.8) is 0 Å².